The maximum Gasteiger partial charge on any atom is 0.224 e. The van der Waals surface area contributed by atoms with Crippen LogP contribution in [0.4, 0.5) is 0 Å². The first-order valence-corrected chi connectivity index (χ1v) is 8.57. The second kappa shape index (κ2) is 8.23. The van der Waals surface area contributed by atoms with Crippen LogP contribution in [0.15, 0.2) is 24.5 Å². The van der Waals surface area contributed by atoms with Crippen LogP contribution in [0, 0.1) is 11.3 Å². The molecule has 0 bridgehead atoms. The van der Waals surface area contributed by atoms with Crippen molar-refractivity contribution in [3.05, 3.63) is 30.1 Å². The third-order valence-electron chi connectivity index (χ3n) is 4.08. The molecule has 1 aliphatic rings. The highest BCUT2D eigenvalue weighted by atomic mass is 16.2. The van der Waals surface area contributed by atoms with Gasteiger partial charge in [0, 0.05) is 24.7 Å². The quantitative estimate of drug-likeness (QED) is 0.900. The van der Waals surface area contributed by atoms with Gasteiger partial charge in [0.2, 0.25) is 5.91 Å². The molecule has 0 aliphatic heterocycles. The summed E-state index contributed by atoms with van der Waals surface area (Å²) in [6.45, 7) is 11.8. The van der Waals surface area contributed by atoms with Crippen molar-refractivity contribution in [2.24, 2.45) is 11.3 Å². The first-order chi connectivity index (χ1) is 10.8. The number of nitrogens with zero attached hydrogens (tertiary/aromatic N) is 1. The molecule has 1 fully saturated rings. The molecule has 0 aromatic carbocycles. The highest BCUT2D eigenvalue weighted by Gasteiger charge is 2.45. The van der Waals surface area contributed by atoms with Crippen molar-refractivity contribution in [2.75, 3.05) is 0 Å². The number of carbonyl (C=O) groups excluding carboxylic acids is 2. The molecule has 1 heterocycles. The van der Waals surface area contributed by atoms with Gasteiger partial charge in [0.25, 0.3) is 0 Å². The summed E-state index contributed by atoms with van der Waals surface area (Å²) in [5, 5.41) is 2.97. The van der Waals surface area contributed by atoms with E-state index in [0.29, 0.717) is 6.42 Å². The first kappa shape index (κ1) is 19.3. The lowest BCUT2D eigenvalue weighted by atomic mass is 9.83. The Bertz CT molecular complexity index is 520. The highest BCUT2D eigenvalue weighted by Crippen LogP contribution is 2.47. The Kier molecular flexibility index (Phi) is 6.92. The van der Waals surface area contributed by atoms with E-state index in [1.165, 1.54) is 0 Å². The SMILES string of the molecule is CC.CCC(=O)C(NC(=O)[C@H]1CC1c1ccncc1)C(C)(C)C. The van der Waals surface area contributed by atoms with Crippen LogP contribution in [0.5, 0.6) is 0 Å². The number of aromatic nitrogens is 1. The van der Waals surface area contributed by atoms with Crippen molar-refractivity contribution in [2.45, 2.75) is 66.3 Å². The zero-order valence-corrected chi connectivity index (χ0v) is 15.2. The number of hydrogen-bond acceptors (Lipinski definition) is 3. The normalized spacial score (nSPS) is 20.8. The number of amides is 1. The Balaban J connectivity index is 0.00000127. The summed E-state index contributed by atoms with van der Waals surface area (Å²) in [6.07, 6.45) is 4.80. The first-order valence-electron chi connectivity index (χ1n) is 8.57. The van der Waals surface area contributed by atoms with E-state index in [1.54, 1.807) is 12.4 Å². The number of pyridine rings is 1. The van der Waals surface area contributed by atoms with Crippen LogP contribution in [0.25, 0.3) is 0 Å². The Morgan fingerprint density at radius 2 is 1.83 bits per heavy atom. The van der Waals surface area contributed by atoms with Gasteiger partial charge in [0.15, 0.2) is 5.78 Å². The molecule has 0 radical (unpaired) electrons. The van der Waals surface area contributed by atoms with Crippen LogP contribution in [-0.2, 0) is 9.59 Å². The van der Waals surface area contributed by atoms with Crippen LogP contribution < -0.4 is 5.32 Å². The lowest BCUT2D eigenvalue weighted by molar-refractivity contribution is -0.130. The van der Waals surface area contributed by atoms with Crippen LogP contribution in [0.3, 0.4) is 0 Å². The van der Waals surface area contributed by atoms with Crippen molar-refractivity contribution in [1.29, 1.82) is 0 Å². The van der Waals surface area contributed by atoms with Crippen molar-refractivity contribution in [3.8, 4) is 0 Å². The maximum absolute atomic E-state index is 12.4. The molecule has 0 saturated heterocycles. The fourth-order valence-electron chi connectivity index (χ4n) is 2.70. The Morgan fingerprint density at radius 1 is 1.26 bits per heavy atom. The lowest BCUT2D eigenvalue weighted by Crippen LogP contribution is -2.49. The average Bonchev–Trinajstić information content (AvgIpc) is 3.34. The summed E-state index contributed by atoms with van der Waals surface area (Å²) in [6, 6.07) is 3.50. The van der Waals surface area contributed by atoms with E-state index < -0.39 is 6.04 Å². The van der Waals surface area contributed by atoms with E-state index in [0.717, 1.165) is 12.0 Å². The largest absolute Gasteiger partial charge is 0.346 e. The van der Waals surface area contributed by atoms with Gasteiger partial charge in [-0.25, -0.2) is 0 Å². The molecule has 4 heteroatoms. The average molecular weight is 318 g/mol. The molecule has 3 atom stereocenters. The molecule has 1 saturated carbocycles. The summed E-state index contributed by atoms with van der Waals surface area (Å²) >= 11 is 0. The highest BCUT2D eigenvalue weighted by molar-refractivity contribution is 5.91. The number of nitrogens with one attached hydrogen (secondary N) is 1. The summed E-state index contributed by atoms with van der Waals surface area (Å²) < 4.78 is 0. The smallest absolute Gasteiger partial charge is 0.224 e. The van der Waals surface area contributed by atoms with Gasteiger partial charge in [0.05, 0.1) is 6.04 Å². The standard InChI is InChI=1S/C17H24N2O2.C2H6/c1-5-14(20)15(17(2,3)4)19-16(21)13-10-12(13)11-6-8-18-9-7-11;1-2/h6-9,12-13,15H,5,10H2,1-4H3,(H,19,21);1-2H3/t12?,13-,15?;/m0./s1. The molecule has 1 aromatic heterocycles. The molecule has 1 amide bonds. The van der Waals surface area contributed by atoms with Crippen molar-refractivity contribution in [3.63, 3.8) is 0 Å². The van der Waals surface area contributed by atoms with Crippen LogP contribution in [-0.4, -0.2) is 22.7 Å². The van der Waals surface area contributed by atoms with Gasteiger partial charge in [-0.3, -0.25) is 14.6 Å². The third kappa shape index (κ3) is 5.15. The minimum absolute atomic E-state index is 0.00135. The molecule has 128 valence electrons. The summed E-state index contributed by atoms with van der Waals surface area (Å²) in [5.74, 6) is 0.350. The second-order valence-electron chi connectivity index (χ2n) is 6.86. The fourth-order valence-corrected chi connectivity index (χ4v) is 2.70. The van der Waals surface area contributed by atoms with Gasteiger partial charge in [-0.15, -0.1) is 0 Å². The Labute approximate surface area is 140 Å². The van der Waals surface area contributed by atoms with E-state index in [-0.39, 0.29) is 28.9 Å². The van der Waals surface area contributed by atoms with Gasteiger partial charge in [-0.05, 0) is 35.4 Å². The molecule has 2 unspecified atom stereocenters. The number of carbonyl (C=O) groups is 2. The number of Topliss-reactive ketones (excluding diaryl/α,β-unsaturated/α-hetero) is 1. The van der Waals surface area contributed by atoms with Gasteiger partial charge in [-0.2, -0.15) is 0 Å². The molecule has 0 spiro atoms. The zero-order valence-electron chi connectivity index (χ0n) is 15.2. The molecular weight excluding hydrogens is 288 g/mol. The number of rotatable bonds is 5. The van der Waals surface area contributed by atoms with Crippen LogP contribution in [0.2, 0.25) is 0 Å². The van der Waals surface area contributed by atoms with Crippen LogP contribution >= 0.6 is 0 Å². The monoisotopic (exact) mass is 318 g/mol. The number of hydrogen-bond donors (Lipinski definition) is 1. The molecule has 1 aliphatic carbocycles. The minimum Gasteiger partial charge on any atom is -0.346 e. The maximum atomic E-state index is 12.4. The van der Waals surface area contributed by atoms with Crippen molar-refractivity contribution in [1.82, 2.24) is 10.3 Å². The molecule has 23 heavy (non-hydrogen) atoms. The molecule has 1 aromatic rings. The summed E-state index contributed by atoms with van der Waals surface area (Å²) in [4.78, 5) is 28.4. The molecular formula is C19H30N2O2. The van der Waals surface area contributed by atoms with Crippen molar-refractivity contribution < 1.29 is 9.59 Å². The molecule has 4 nitrogen and oxygen atoms in total. The molecule has 1 N–H and O–H groups in total. The summed E-state index contributed by atoms with van der Waals surface area (Å²) in [5.41, 5.74) is 0.892. The predicted molar refractivity (Wildman–Crippen MR) is 93.1 cm³/mol. The Hall–Kier alpha value is -1.71. The van der Waals surface area contributed by atoms with E-state index >= 15 is 0 Å². The third-order valence-corrected chi connectivity index (χ3v) is 4.08. The van der Waals surface area contributed by atoms with E-state index in [1.807, 2.05) is 53.7 Å². The predicted octanol–water partition coefficient (Wildman–Crippen LogP) is 3.72. The summed E-state index contributed by atoms with van der Waals surface area (Å²) in [7, 11) is 0. The topological polar surface area (TPSA) is 59.1 Å². The van der Waals surface area contributed by atoms with Gasteiger partial charge in [-0.1, -0.05) is 41.5 Å². The second-order valence-corrected chi connectivity index (χ2v) is 6.86. The minimum atomic E-state index is -0.409. The van der Waals surface area contributed by atoms with E-state index in [4.69, 9.17) is 0 Å². The van der Waals surface area contributed by atoms with Crippen molar-refractivity contribution >= 4 is 11.7 Å². The Morgan fingerprint density at radius 3 is 2.30 bits per heavy atom. The van der Waals surface area contributed by atoms with Gasteiger partial charge >= 0.3 is 0 Å². The zero-order chi connectivity index (χ0) is 17.6. The van der Waals surface area contributed by atoms with E-state index in [9.17, 15) is 9.59 Å². The molecule has 2 rings (SSSR count). The van der Waals surface area contributed by atoms with Crippen LogP contribution in [0.1, 0.15) is 65.9 Å². The van der Waals surface area contributed by atoms with Gasteiger partial charge < -0.3 is 5.32 Å². The lowest BCUT2D eigenvalue weighted by Gasteiger charge is -2.30. The van der Waals surface area contributed by atoms with E-state index in [2.05, 4.69) is 10.3 Å². The number of ketones is 1. The fraction of sp³-hybridized carbons (Fsp3) is 0.632. The van der Waals surface area contributed by atoms with Gasteiger partial charge in [0.1, 0.15) is 0 Å².